The Morgan fingerprint density at radius 3 is 2.17 bits per heavy atom. The fourth-order valence-corrected chi connectivity index (χ4v) is 3.43. The van der Waals surface area contributed by atoms with Crippen LogP contribution in [0, 0.1) is 0 Å². The summed E-state index contributed by atoms with van der Waals surface area (Å²) in [4.78, 5) is 18.7. The van der Waals surface area contributed by atoms with E-state index in [1.54, 1.807) is 0 Å². The first-order valence-corrected chi connectivity index (χ1v) is 8.73. The Morgan fingerprint density at radius 2 is 1.52 bits per heavy atom. The van der Waals surface area contributed by atoms with Gasteiger partial charge in [-0.2, -0.15) is 0 Å². The summed E-state index contributed by atoms with van der Waals surface area (Å²) in [5, 5.41) is 10.3. The zero-order valence-corrected chi connectivity index (χ0v) is 13.7. The summed E-state index contributed by atoms with van der Waals surface area (Å²) >= 11 is 0. The van der Waals surface area contributed by atoms with Gasteiger partial charge in [-0.25, -0.2) is 4.79 Å². The molecule has 0 spiro atoms. The van der Waals surface area contributed by atoms with E-state index in [4.69, 9.17) is 0 Å². The number of hydrogen-bond acceptors (Lipinski definition) is 3. The van der Waals surface area contributed by atoms with Crippen LogP contribution in [0.4, 0.5) is 4.79 Å². The molecule has 1 aromatic rings. The second-order valence-corrected chi connectivity index (χ2v) is 6.54. The number of carbonyl (C=O) groups excluding carboxylic acids is 1. The molecule has 3 rings (SSSR count). The van der Waals surface area contributed by atoms with E-state index in [0.29, 0.717) is 6.54 Å². The quantitative estimate of drug-likeness (QED) is 0.927. The molecule has 5 heteroatoms. The minimum atomic E-state index is -0.458. The summed E-state index contributed by atoms with van der Waals surface area (Å²) in [5.74, 6) is 0. The molecule has 0 unspecified atom stereocenters. The van der Waals surface area contributed by atoms with Crippen LogP contribution < -0.4 is 0 Å². The molecule has 0 bridgehead atoms. The first-order valence-electron chi connectivity index (χ1n) is 8.73. The molecule has 5 nitrogen and oxygen atoms in total. The molecule has 126 valence electrons. The fourth-order valence-electron chi connectivity index (χ4n) is 3.43. The number of rotatable bonds is 3. The number of piperazine rings is 1. The van der Waals surface area contributed by atoms with Gasteiger partial charge in [0.05, 0.1) is 6.10 Å². The Balaban J connectivity index is 1.45. The number of hydrogen-bond donors (Lipinski definition) is 1. The highest BCUT2D eigenvalue weighted by atomic mass is 16.3. The van der Waals surface area contributed by atoms with Crippen LogP contribution in [0.5, 0.6) is 0 Å². The summed E-state index contributed by atoms with van der Waals surface area (Å²) < 4.78 is 0. The van der Waals surface area contributed by atoms with E-state index in [-0.39, 0.29) is 6.03 Å². The molecular formula is C18H27N3O2. The number of amides is 2. The maximum absolute atomic E-state index is 12.5. The normalized spacial score (nSPS) is 21.3. The van der Waals surface area contributed by atoms with Gasteiger partial charge in [0, 0.05) is 45.8 Å². The number of nitrogens with zero attached hydrogens (tertiary/aromatic N) is 3. The lowest BCUT2D eigenvalue weighted by molar-refractivity contribution is 0.0712. The molecule has 2 aliphatic rings. The third-order valence-electron chi connectivity index (χ3n) is 4.88. The van der Waals surface area contributed by atoms with Gasteiger partial charge in [0.2, 0.25) is 0 Å². The third kappa shape index (κ3) is 4.24. The van der Waals surface area contributed by atoms with Gasteiger partial charge in [-0.15, -0.1) is 0 Å². The van der Waals surface area contributed by atoms with Gasteiger partial charge < -0.3 is 14.9 Å². The van der Waals surface area contributed by atoms with Gasteiger partial charge >= 0.3 is 6.03 Å². The molecule has 0 aromatic heterocycles. The van der Waals surface area contributed by atoms with Gasteiger partial charge in [0.25, 0.3) is 0 Å². The lowest BCUT2D eigenvalue weighted by Crippen LogP contribution is -2.54. The lowest BCUT2D eigenvalue weighted by Gasteiger charge is -2.39. The Hall–Kier alpha value is -1.59. The van der Waals surface area contributed by atoms with Crippen molar-refractivity contribution in [1.82, 2.24) is 14.7 Å². The van der Waals surface area contributed by atoms with Crippen molar-refractivity contribution in [2.45, 2.75) is 25.4 Å². The fraction of sp³-hybridized carbons (Fsp3) is 0.611. The van der Waals surface area contributed by atoms with Gasteiger partial charge in [-0.3, -0.25) is 4.90 Å². The van der Waals surface area contributed by atoms with E-state index in [0.717, 1.165) is 57.7 Å². The van der Waals surface area contributed by atoms with E-state index >= 15 is 0 Å². The highest BCUT2D eigenvalue weighted by molar-refractivity contribution is 5.74. The lowest BCUT2D eigenvalue weighted by atomic mass is 10.1. The summed E-state index contributed by atoms with van der Waals surface area (Å²) in [7, 11) is 0. The average molecular weight is 317 g/mol. The largest absolute Gasteiger partial charge is 0.387 e. The molecule has 0 radical (unpaired) electrons. The standard InChI is InChI=1S/C18H27N3O2/c22-17(16-7-3-1-4-8-16)15-19-11-13-21(14-12-19)18(23)20-9-5-2-6-10-20/h1,3-4,7-8,17,22H,2,5-6,9-15H2/t17-/m1/s1. The molecule has 2 aliphatic heterocycles. The predicted molar refractivity (Wildman–Crippen MR) is 90.2 cm³/mol. The zero-order chi connectivity index (χ0) is 16.1. The van der Waals surface area contributed by atoms with E-state index in [1.807, 2.05) is 40.1 Å². The van der Waals surface area contributed by atoms with E-state index in [1.165, 1.54) is 6.42 Å². The number of piperidine rings is 1. The Labute approximate surface area is 138 Å². The molecule has 2 saturated heterocycles. The minimum absolute atomic E-state index is 0.202. The van der Waals surface area contributed by atoms with Crippen molar-refractivity contribution in [3.63, 3.8) is 0 Å². The van der Waals surface area contributed by atoms with Gasteiger partial charge in [0.15, 0.2) is 0 Å². The number of carbonyl (C=O) groups is 1. The van der Waals surface area contributed by atoms with Crippen LogP contribution in [-0.4, -0.2) is 71.7 Å². The van der Waals surface area contributed by atoms with E-state index in [2.05, 4.69) is 4.90 Å². The maximum atomic E-state index is 12.5. The Kier molecular flexibility index (Phi) is 5.51. The first-order chi connectivity index (χ1) is 11.2. The highest BCUT2D eigenvalue weighted by Gasteiger charge is 2.26. The highest BCUT2D eigenvalue weighted by Crippen LogP contribution is 2.16. The van der Waals surface area contributed by atoms with Crippen LogP contribution in [-0.2, 0) is 0 Å². The van der Waals surface area contributed by atoms with Crippen LogP contribution in [0.3, 0.4) is 0 Å². The predicted octanol–water partition coefficient (Wildman–Crippen LogP) is 1.94. The van der Waals surface area contributed by atoms with Crippen molar-refractivity contribution in [1.29, 1.82) is 0 Å². The van der Waals surface area contributed by atoms with Crippen LogP contribution >= 0.6 is 0 Å². The van der Waals surface area contributed by atoms with Gasteiger partial charge in [0.1, 0.15) is 0 Å². The van der Waals surface area contributed by atoms with Crippen LogP contribution in [0.15, 0.2) is 30.3 Å². The van der Waals surface area contributed by atoms with Crippen molar-refractivity contribution < 1.29 is 9.90 Å². The minimum Gasteiger partial charge on any atom is -0.387 e. The summed E-state index contributed by atoms with van der Waals surface area (Å²) in [6.45, 7) is 5.65. The molecule has 1 atom stereocenters. The molecule has 1 aromatic carbocycles. The Morgan fingerprint density at radius 1 is 0.913 bits per heavy atom. The number of benzene rings is 1. The first kappa shape index (κ1) is 16.3. The van der Waals surface area contributed by atoms with Crippen molar-refractivity contribution in [3.8, 4) is 0 Å². The SMILES string of the molecule is O=C(N1CCCCC1)N1CCN(C[C@@H](O)c2ccccc2)CC1. The smallest absolute Gasteiger partial charge is 0.320 e. The summed E-state index contributed by atoms with van der Waals surface area (Å²) in [5.41, 5.74) is 0.958. The molecule has 23 heavy (non-hydrogen) atoms. The molecule has 1 N–H and O–H groups in total. The average Bonchev–Trinajstić information content (AvgIpc) is 2.63. The second-order valence-electron chi connectivity index (χ2n) is 6.54. The second kappa shape index (κ2) is 7.79. The molecule has 0 saturated carbocycles. The van der Waals surface area contributed by atoms with Gasteiger partial charge in [-0.1, -0.05) is 30.3 Å². The molecular weight excluding hydrogens is 290 g/mol. The van der Waals surface area contributed by atoms with Crippen LogP contribution in [0.25, 0.3) is 0 Å². The zero-order valence-electron chi connectivity index (χ0n) is 13.7. The molecule has 2 amide bonds. The molecule has 0 aliphatic carbocycles. The third-order valence-corrected chi connectivity index (χ3v) is 4.88. The van der Waals surface area contributed by atoms with Crippen molar-refractivity contribution in [3.05, 3.63) is 35.9 Å². The van der Waals surface area contributed by atoms with E-state index in [9.17, 15) is 9.90 Å². The Bertz CT molecular complexity index is 494. The number of urea groups is 1. The number of aliphatic hydroxyl groups is 1. The number of aliphatic hydroxyl groups excluding tert-OH is 1. The maximum Gasteiger partial charge on any atom is 0.320 e. The van der Waals surface area contributed by atoms with E-state index < -0.39 is 6.10 Å². The van der Waals surface area contributed by atoms with Crippen molar-refractivity contribution >= 4 is 6.03 Å². The van der Waals surface area contributed by atoms with Gasteiger partial charge in [-0.05, 0) is 24.8 Å². The van der Waals surface area contributed by atoms with Crippen LogP contribution in [0.1, 0.15) is 30.9 Å². The summed E-state index contributed by atoms with van der Waals surface area (Å²) in [6, 6.07) is 9.98. The number of likely N-dealkylation sites (tertiary alicyclic amines) is 1. The van der Waals surface area contributed by atoms with Crippen LogP contribution in [0.2, 0.25) is 0 Å². The monoisotopic (exact) mass is 317 g/mol. The number of β-amino-alcohol motifs (C(OH)–C–C–N with tert-alkyl or cyclic N) is 1. The summed E-state index contributed by atoms with van der Waals surface area (Å²) in [6.07, 6.45) is 3.05. The van der Waals surface area contributed by atoms with Crippen molar-refractivity contribution in [2.75, 3.05) is 45.8 Å². The van der Waals surface area contributed by atoms with Crippen molar-refractivity contribution in [2.24, 2.45) is 0 Å². The molecule has 2 fully saturated rings. The molecule has 2 heterocycles. The topological polar surface area (TPSA) is 47.0 Å².